The number of imide groups is 1. The first-order valence-corrected chi connectivity index (χ1v) is 10.7. The highest BCUT2D eigenvalue weighted by Crippen LogP contribution is 2.54. The van der Waals surface area contributed by atoms with Gasteiger partial charge in [-0.15, -0.1) is 5.06 Å². The number of carbonyl (C=O) groups is 4. The molecule has 31 heavy (non-hydrogen) atoms. The number of rotatable bonds is 5. The molecule has 0 unspecified atom stereocenters. The van der Waals surface area contributed by atoms with Crippen LogP contribution in [0.15, 0.2) is 42.5 Å². The zero-order valence-electron chi connectivity index (χ0n) is 17.4. The molecule has 3 amide bonds. The summed E-state index contributed by atoms with van der Waals surface area (Å²) in [7, 11) is 1.67. The first-order chi connectivity index (χ1) is 15.0. The van der Waals surface area contributed by atoms with Gasteiger partial charge >= 0.3 is 12.1 Å². The summed E-state index contributed by atoms with van der Waals surface area (Å²) in [5.74, 6) is -2.31. The van der Waals surface area contributed by atoms with E-state index in [1.807, 2.05) is 42.5 Å². The monoisotopic (exact) mass is 426 g/mol. The van der Waals surface area contributed by atoms with Gasteiger partial charge in [0.2, 0.25) is 0 Å². The number of hydroxylamine groups is 2. The van der Waals surface area contributed by atoms with Crippen LogP contribution in [0.2, 0.25) is 0 Å². The third-order valence-corrected chi connectivity index (χ3v) is 6.11. The van der Waals surface area contributed by atoms with Gasteiger partial charge in [0.15, 0.2) is 0 Å². The molecular weight excluding hydrogens is 400 g/mol. The van der Waals surface area contributed by atoms with Crippen LogP contribution < -0.4 is 0 Å². The predicted molar refractivity (Wildman–Crippen MR) is 109 cm³/mol. The fraction of sp³-hybridized carbons (Fsp3) is 0.478. The lowest BCUT2D eigenvalue weighted by Crippen LogP contribution is -2.34. The van der Waals surface area contributed by atoms with Gasteiger partial charge < -0.3 is 14.5 Å². The summed E-state index contributed by atoms with van der Waals surface area (Å²) < 4.78 is 5.75. The van der Waals surface area contributed by atoms with E-state index < -0.39 is 35.9 Å². The van der Waals surface area contributed by atoms with Crippen molar-refractivity contribution in [1.82, 2.24) is 9.96 Å². The molecule has 1 aromatic carbocycles. The van der Waals surface area contributed by atoms with E-state index in [0.29, 0.717) is 11.6 Å². The Balaban J connectivity index is 1.40. The van der Waals surface area contributed by atoms with Crippen molar-refractivity contribution < 1.29 is 28.8 Å². The van der Waals surface area contributed by atoms with Gasteiger partial charge in [-0.25, -0.2) is 9.59 Å². The van der Waals surface area contributed by atoms with Crippen LogP contribution >= 0.6 is 0 Å². The van der Waals surface area contributed by atoms with E-state index in [9.17, 15) is 19.2 Å². The molecule has 4 atom stereocenters. The Labute approximate surface area is 180 Å². The normalized spacial score (nSPS) is 28.2. The summed E-state index contributed by atoms with van der Waals surface area (Å²) in [5, 5.41) is 0.582. The summed E-state index contributed by atoms with van der Waals surface area (Å²) in [4.78, 5) is 55.5. The molecule has 164 valence electrons. The zero-order valence-corrected chi connectivity index (χ0v) is 17.4. The van der Waals surface area contributed by atoms with Gasteiger partial charge in [-0.2, -0.15) is 0 Å². The molecular formula is C23H26N2O6. The first kappa shape index (κ1) is 21.1. The second-order valence-corrected chi connectivity index (χ2v) is 8.31. The summed E-state index contributed by atoms with van der Waals surface area (Å²) >= 11 is 0. The van der Waals surface area contributed by atoms with Gasteiger partial charge in [0.05, 0.1) is 5.92 Å². The lowest BCUT2D eigenvalue weighted by Gasteiger charge is -2.22. The summed E-state index contributed by atoms with van der Waals surface area (Å²) in [6.07, 6.45) is 5.44. The number of carbonyl (C=O) groups excluding carboxylic acids is 4. The minimum atomic E-state index is -0.604. The van der Waals surface area contributed by atoms with Crippen molar-refractivity contribution in [2.24, 2.45) is 17.8 Å². The van der Waals surface area contributed by atoms with E-state index in [0.717, 1.165) is 24.8 Å². The van der Waals surface area contributed by atoms with Crippen molar-refractivity contribution in [3.63, 3.8) is 0 Å². The number of ether oxygens (including phenoxy) is 1. The number of fused-ring (bicyclic) bond motifs is 1. The lowest BCUT2D eigenvalue weighted by atomic mass is 10.0. The van der Waals surface area contributed by atoms with Crippen LogP contribution in [0, 0.1) is 17.8 Å². The van der Waals surface area contributed by atoms with Crippen LogP contribution in [0.4, 0.5) is 4.79 Å². The molecule has 1 saturated heterocycles. The molecule has 8 heteroatoms. The maximum Gasteiger partial charge on any atom is 0.410 e. The van der Waals surface area contributed by atoms with Gasteiger partial charge in [-0.3, -0.25) is 9.59 Å². The third-order valence-electron chi connectivity index (χ3n) is 6.11. The highest BCUT2D eigenvalue weighted by molar-refractivity contribution is 6.01. The number of allylic oxidation sites excluding steroid dienone is 1. The molecule has 0 spiro atoms. The number of hydrogen-bond acceptors (Lipinski definition) is 6. The van der Waals surface area contributed by atoms with Gasteiger partial charge in [0.1, 0.15) is 6.10 Å². The fourth-order valence-electron chi connectivity index (χ4n) is 4.44. The fourth-order valence-corrected chi connectivity index (χ4v) is 4.44. The van der Waals surface area contributed by atoms with E-state index in [4.69, 9.17) is 9.57 Å². The van der Waals surface area contributed by atoms with E-state index in [1.165, 1.54) is 4.90 Å². The Hall–Kier alpha value is -3.16. The number of amides is 3. The highest BCUT2D eigenvalue weighted by Gasteiger charge is 2.60. The smallest absolute Gasteiger partial charge is 0.410 e. The highest BCUT2D eigenvalue weighted by atomic mass is 16.7. The Bertz CT molecular complexity index is 883. The number of nitrogens with zero attached hydrogens (tertiary/aromatic N) is 2. The molecule has 0 radical (unpaired) electrons. The van der Waals surface area contributed by atoms with Crippen LogP contribution in [0.3, 0.4) is 0 Å². The number of benzene rings is 1. The molecule has 1 heterocycles. The van der Waals surface area contributed by atoms with Crippen molar-refractivity contribution in [2.45, 2.75) is 44.8 Å². The molecule has 2 aliphatic carbocycles. The molecule has 1 aromatic rings. The summed E-state index contributed by atoms with van der Waals surface area (Å²) in [6.45, 7) is 0.412. The Morgan fingerprint density at radius 2 is 1.84 bits per heavy atom. The largest absolute Gasteiger partial charge is 0.442 e. The van der Waals surface area contributed by atoms with Gasteiger partial charge in [0, 0.05) is 32.4 Å². The minimum absolute atomic E-state index is 0.00230. The number of hydrogen-bond donors (Lipinski definition) is 0. The minimum Gasteiger partial charge on any atom is -0.442 e. The first-order valence-electron chi connectivity index (χ1n) is 10.7. The van der Waals surface area contributed by atoms with Crippen molar-refractivity contribution >= 4 is 23.9 Å². The summed E-state index contributed by atoms with van der Waals surface area (Å²) in [6, 6.07) is 9.60. The van der Waals surface area contributed by atoms with Crippen LogP contribution in [-0.4, -0.2) is 47.0 Å². The van der Waals surface area contributed by atoms with E-state index >= 15 is 0 Å². The Kier molecular flexibility index (Phi) is 6.06. The zero-order chi connectivity index (χ0) is 22.0. The van der Waals surface area contributed by atoms with E-state index in [1.54, 1.807) is 7.05 Å². The van der Waals surface area contributed by atoms with Crippen LogP contribution in [-0.2, 0) is 30.5 Å². The van der Waals surface area contributed by atoms with Crippen LogP contribution in [0.5, 0.6) is 0 Å². The summed E-state index contributed by atoms with van der Waals surface area (Å²) in [5.41, 5.74) is 0.987. The standard InChI is InChI=1S/C23H26N2O6/c1-24(14-15-8-4-2-5-9-15)23(29)30-17-11-7-3-6-10-16-20(17)21(16)22(28)31-25-18(26)12-13-19(25)27/h2,4-5,7-9,11,16-17,20-21H,3,6,10,12-14H2,1H3/b11-7-/t16-,17+,20-,21-/m0/s1. The molecule has 4 rings (SSSR count). The second-order valence-electron chi connectivity index (χ2n) is 8.31. The lowest BCUT2D eigenvalue weighted by molar-refractivity contribution is -0.199. The molecule has 0 bridgehead atoms. The average Bonchev–Trinajstić information content (AvgIpc) is 3.37. The third kappa shape index (κ3) is 4.62. The maximum absolute atomic E-state index is 12.7. The van der Waals surface area contributed by atoms with Crippen LogP contribution in [0.25, 0.3) is 0 Å². The Morgan fingerprint density at radius 3 is 2.55 bits per heavy atom. The molecule has 8 nitrogen and oxygen atoms in total. The van der Waals surface area contributed by atoms with Gasteiger partial charge in [0.25, 0.3) is 11.8 Å². The Morgan fingerprint density at radius 1 is 1.13 bits per heavy atom. The average molecular weight is 426 g/mol. The SMILES string of the molecule is CN(Cc1ccccc1)C(=O)O[C@@H]1/C=C\CCC[C@@H]2[C@H](C(=O)ON3C(=O)CCC3=O)[C@@H]21. The van der Waals surface area contributed by atoms with Crippen molar-refractivity contribution in [1.29, 1.82) is 0 Å². The quantitative estimate of drug-likeness (QED) is 0.531. The van der Waals surface area contributed by atoms with Crippen molar-refractivity contribution in [2.75, 3.05) is 7.05 Å². The van der Waals surface area contributed by atoms with E-state index in [2.05, 4.69) is 0 Å². The van der Waals surface area contributed by atoms with Gasteiger partial charge in [-0.1, -0.05) is 36.4 Å². The molecule has 0 aromatic heterocycles. The molecule has 1 saturated carbocycles. The topological polar surface area (TPSA) is 93.2 Å². The predicted octanol–water partition coefficient (Wildman–Crippen LogP) is 2.83. The van der Waals surface area contributed by atoms with Crippen molar-refractivity contribution in [3.8, 4) is 0 Å². The second kappa shape index (κ2) is 8.91. The molecule has 0 N–H and O–H groups in total. The van der Waals surface area contributed by atoms with Gasteiger partial charge in [-0.05, 0) is 36.8 Å². The molecule has 1 aliphatic heterocycles. The van der Waals surface area contributed by atoms with Crippen LogP contribution in [0.1, 0.15) is 37.7 Å². The maximum atomic E-state index is 12.7. The van der Waals surface area contributed by atoms with E-state index in [-0.39, 0.29) is 24.7 Å². The van der Waals surface area contributed by atoms with Crippen molar-refractivity contribution in [3.05, 3.63) is 48.0 Å². The molecule has 3 aliphatic rings. The molecule has 2 fully saturated rings.